The quantitative estimate of drug-likeness (QED) is 0.730. The minimum absolute atomic E-state index is 0.00828. The molecule has 5 nitrogen and oxygen atoms in total. The molecular weight excluding hydrogens is 290 g/mol. The third kappa shape index (κ3) is 5.67. The van der Waals surface area contributed by atoms with Crippen LogP contribution in [0.1, 0.15) is 42.6 Å². The molecule has 1 aromatic carbocycles. The van der Waals surface area contributed by atoms with Gasteiger partial charge in [-0.05, 0) is 56.8 Å². The van der Waals surface area contributed by atoms with Gasteiger partial charge < -0.3 is 15.5 Å². The summed E-state index contributed by atoms with van der Waals surface area (Å²) in [6.07, 6.45) is 2.57. The first-order valence-electron chi connectivity index (χ1n) is 8.49. The van der Waals surface area contributed by atoms with Crippen LogP contribution in [0.15, 0.2) is 24.3 Å². The van der Waals surface area contributed by atoms with Crippen LogP contribution >= 0.6 is 0 Å². The van der Waals surface area contributed by atoms with Crippen LogP contribution in [0, 0.1) is 5.92 Å². The van der Waals surface area contributed by atoms with E-state index in [0.29, 0.717) is 31.7 Å². The van der Waals surface area contributed by atoms with Crippen LogP contribution in [0.5, 0.6) is 0 Å². The Bertz CT molecular complexity index is 520. The second-order valence-corrected chi connectivity index (χ2v) is 6.03. The fourth-order valence-electron chi connectivity index (χ4n) is 2.43. The van der Waals surface area contributed by atoms with Gasteiger partial charge >= 0.3 is 0 Å². The van der Waals surface area contributed by atoms with E-state index in [1.165, 1.54) is 12.8 Å². The number of nitrogens with zero attached hydrogens (tertiary/aromatic N) is 1. The molecule has 0 heterocycles. The molecule has 1 saturated carbocycles. The Kier molecular flexibility index (Phi) is 6.59. The number of carbonyl (C=O) groups is 2. The van der Waals surface area contributed by atoms with Crippen molar-refractivity contribution in [3.05, 3.63) is 35.4 Å². The summed E-state index contributed by atoms with van der Waals surface area (Å²) in [6.45, 7) is 7.17. The maximum absolute atomic E-state index is 12.2. The van der Waals surface area contributed by atoms with Crippen LogP contribution in [0.3, 0.4) is 0 Å². The minimum atomic E-state index is 0.00828. The third-order valence-electron chi connectivity index (χ3n) is 4.16. The molecule has 2 amide bonds. The predicted molar refractivity (Wildman–Crippen MR) is 91.1 cm³/mol. The van der Waals surface area contributed by atoms with Crippen molar-refractivity contribution in [2.24, 2.45) is 5.92 Å². The summed E-state index contributed by atoms with van der Waals surface area (Å²) < 4.78 is 0. The van der Waals surface area contributed by atoms with Crippen molar-refractivity contribution in [3.63, 3.8) is 0 Å². The van der Waals surface area contributed by atoms with Gasteiger partial charge in [0.15, 0.2) is 0 Å². The van der Waals surface area contributed by atoms with E-state index in [2.05, 4.69) is 10.6 Å². The average molecular weight is 317 g/mol. The van der Waals surface area contributed by atoms with Gasteiger partial charge in [-0.1, -0.05) is 12.1 Å². The van der Waals surface area contributed by atoms with E-state index in [1.54, 1.807) is 4.90 Å². The maximum Gasteiger partial charge on any atom is 0.253 e. The van der Waals surface area contributed by atoms with Crippen LogP contribution < -0.4 is 10.6 Å². The van der Waals surface area contributed by atoms with E-state index in [9.17, 15) is 9.59 Å². The first-order valence-corrected chi connectivity index (χ1v) is 8.49. The molecule has 0 atom stereocenters. The molecule has 0 aromatic heterocycles. The molecule has 1 aliphatic rings. The summed E-state index contributed by atoms with van der Waals surface area (Å²) in [7, 11) is 0. The van der Waals surface area contributed by atoms with E-state index in [0.717, 1.165) is 18.0 Å². The molecule has 2 N–H and O–H groups in total. The van der Waals surface area contributed by atoms with E-state index in [4.69, 9.17) is 0 Å². The summed E-state index contributed by atoms with van der Waals surface area (Å²) in [5.41, 5.74) is 1.69. The van der Waals surface area contributed by atoms with Crippen molar-refractivity contribution < 1.29 is 9.59 Å². The second-order valence-electron chi connectivity index (χ2n) is 6.03. The lowest BCUT2D eigenvalue weighted by atomic mass is 10.1. The van der Waals surface area contributed by atoms with Gasteiger partial charge in [-0.3, -0.25) is 9.59 Å². The normalized spacial score (nSPS) is 13.7. The lowest BCUT2D eigenvalue weighted by Gasteiger charge is -2.18. The van der Waals surface area contributed by atoms with Crippen molar-refractivity contribution in [2.45, 2.75) is 33.2 Å². The van der Waals surface area contributed by atoms with Crippen LogP contribution in [-0.2, 0) is 11.3 Å². The number of nitrogens with one attached hydrogen (secondary N) is 2. The molecule has 0 radical (unpaired) electrons. The molecule has 0 bridgehead atoms. The van der Waals surface area contributed by atoms with Crippen molar-refractivity contribution in [1.82, 2.24) is 15.5 Å². The van der Waals surface area contributed by atoms with Gasteiger partial charge in [0.05, 0.1) is 6.54 Å². The Hall–Kier alpha value is -1.88. The lowest BCUT2D eigenvalue weighted by Crippen LogP contribution is -2.34. The van der Waals surface area contributed by atoms with Crippen LogP contribution in [0.2, 0.25) is 0 Å². The molecule has 0 unspecified atom stereocenters. The van der Waals surface area contributed by atoms with E-state index in [-0.39, 0.29) is 11.8 Å². The first-order chi connectivity index (χ1) is 11.1. The summed E-state index contributed by atoms with van der Waals surface area (Å²) in [5.74, 6) is 0.836. The standard InChI is InChI=1S/C18H27N3O2/c1-3-21(4-2)18(23)16-9-7-15(8-10-16)12-20-17(22)13-19-11-14-5-6-14/h7-10,14,19H,3-6,11-13H2,1-2H3,(H,20,22). The van der Waals surface area contributed by atoms with E-state index >= 15 is 0 Å². The highest BCUT2D eigenvalue weighted by Gasteiger charge is 2.20. The molecule has 0 spiro atoms. The summed E-state index contributed by atoms with van der Waals surface area (Å²) in [4.78, 5) is 25.7. The molecule has 23 heavy (non-hydrogen) atoms. The van der Waals surface area contributed by atoms with Crippen LogP contribution in [-0.4, -0.2) is 42.9 Å². The zero-order valence-electron chi connectivity index (χ0n) is 14.1. The Morgan fingerprint density at radius 1 is 1.13 bits per heavy atom. The van der Waals surface area contributed by atoms with Gasteiger partial charge in [0, 0.05) is 25.2 Å². The van der Waals surface area contributed by atoms with E-state index in [1.807, 2.05) is 38.1 Å². The van der Waals surface area contributed by atoms with Crippen molar-refractivity contribution in [3.8, 4) is 0 Å². The molecule has 2 rings (SSSR count). The second kappa shape index (κ2) is 8.67. The van der Waals surface area contributed by atoms with Crippen LogP contribution in [0.4, 0.5) is 0 Å². The SMILES string of the molecule is CCN(CC)C(=O)c1ccc(CNC(=O)CNCC2CC2)cc1. The first kappa shape index (κ1) is 17.5. The third-order valence-corrected chi connectivity index (χ3v) is 4.16. The molecule has 0 saturated heterocycles. The average Bonchev–Trinajstić information content (AvgIpc) is 3.39. The number of benzene rings is 1. The van der Waals surface area contributed by atoms with E-state index < -0.39 is 0 Å². The number of carbonyl (C=O) groups excluding carboxylic acids is 2. The minimum Gasteiger partial charge on any atom is -0.351 e. The highest BCUT2D eigenvalue weighted by molar-refractivity contribution is 5.94. The zero-order chi connectivity index (χ0) is 16.7. The lowest BCUT2D eigenvalue weighted by molar-refractivity contribution is -0.120. The van der Waals surface area contributed by atoms with Crippen molar-refractivity contribution in [2.75, 3.05) is 26.2 Å². The van der Waals surface area contributed by atoms with Crippen molar-refractivity contribution in [1.29, 1.82) is 0 Å². The maximum atomic E-state index is 12.2. The molecule has 1 aliphatic carbocycles. The monoisotopic (exact) mass is 317 g/mol. The number of hydrogen-bond donors (Lipinski definition) is 2. The topological polar surface area (TPSA) is 61.4 Å². The predicted octanol–water partition coefficient (Wildman–Crippen LogP) is 1.78. The number of rotatable bonds is 9. The van der Waals surface area contributed by atoms with Crippen LogP contribution in [0.25, 0.3) is 0 Å². The van der Waals surface area contributed by atoms with Gasteiger partial charge in [-0.2, -0.15) is 0 Å². The number of amides is 2. The fraction of sp³-hybridized carbons (Fsp3) is 0.556. The Morgan fingerprint density at radius 3 is 2.35 bits per heavy atom. The Morgan fingerprint density at radius 2 is 1.78 bits per heavy atom. The highest BCUT2D eigenvalue weighted by atomic mass is 16.2. The van der Waals surface area contributed by atoms with Gasteiger partial charge in [0.25, 0.3) is 5.91 Å². The molecule has 0 aliphatic heterocycles. The highest BCUT2D eigenvalue weighted by Crippen LogP contribution is 2.27. The summed E-state index contributed by atoms with van der Waals surface area (Å²) >= 11 is 0. The number of hydrogen-bond acceptors (Lipinski definition) is 3. The molecule has 1 aromatic rings. The van der Waals surface area contributed by atoms with Gasteiger partial charge in [-0.15, -0.1) is 0 Å². The molecule has 5 heteroatoms. The summed E-state index contributed by atoms with van der Waals surface area (Å²) in [5, 5.41) is 6.06. The zero-order valence-corrected chi connectivity index (χ0v) is 14.1. The van der Waals surface area contributed by atoms with Gasteiger partial charge in [-0.25, -0.2) is 0 Å². The van der Waals surface area contributed by atoms with Gasteiger partial charge in [0.1, 0.15) is 0 Å². The van der Waals surface area contributed by atoms with Gasteiger partial charge in [0.2, 0.25) is 5.91 Å². The fourth-order valence-corrected chi connectivity index (χ4v) is 2.43. The summed E-state index contributed by atoms with van der Waals surface area (Å²) in [6, 6.07) is 7.45. The Labute approximate surface area is 138 Å². The molecule has 126 valence electrons. The molecule has 1 fully saturated rings. The molecular formula is C18H27N3O2. The Balaban J connectivity index is 1.75. The van der Waals surface area contributed by atoms with Crippen molar-refractivity contribution >= 4 is 11.8 Å². The largest absolute Gasteiger partial charge is 0.351 e. The smallest absolute Gasteiger partial charge is 0.253 e.